The summed E-state index contributed by atoms with van der Waals surface area (Å²) >= 11 is 0. The minimum atomic E-state index is -0.510. The Morgan fingerprint density at radius 3 is 2.33 bits per heavy atom. The molecule has 0 heterocycles. The molecule has 0 aromatic carbocycles. The van der Waals surface area contributed by atoms with Crippen LogP contribution in [0.1, 0.15) is 106 Å². The molecule has 33 heavy (non-hydrogen) atoms. The van der Waals surface area contributed by atoms with Gasteiger partial charge in [-0.15, -0.1) is 0 Å². The van der Waals surface area contributed by atoms with Crippen LogP contribution in [0.15, 0.2) is 5.16 Å². The first-order chi connectivity index (χ1) is 15.6. The smallest absolute Gasteiger partial charge is 0.307 e. The molecule has 1 unspecified atom stereocenters. The monoisotopic (exact) mass is 463 g/mol. The van der Waals surface area contributed by atoms with E-state index in [0.717, 1.165) is 57.0 Å². The van der Waals surface area contributed by atoms with Crippen LogP contribution in [0.4, 0.5) is 0 Å². The molecule has 1 rings (SSSR count). The molecule has 0 amide bonds. The van der Waals surface area contributed by atoms with Gasteiger partial charge >= 0.3 is 5.97 Å². The summed E-state index contributed by atoms with van der Waals surface area (Å²) in [4.78, 5) is 17.7. The number of ether oxygens (including phenoxy) is 2. The number of carbonyl (C=O) groups excluding carboxylic acids is 1. The molecule has 1 aliphatic carbocycles. The van der Waals surface area contributed by atoms with Crippen molar-refractivity contribution in [3.05, 3.63) is 0 Å². The van der Waals surface area contributed by atoms with Crippen molar-refractivity contribution >= 4 is 11.7 Å². The van der Waals surface area contributed by atoms with Gasteiger partial charge in [0.2, 0.25) is 0 Å². The van der Waals surface area contributed by atoms with E-state index in [-0.39, 0.29) is 18.3 Å². The molecule has 0 radical (unpaired) electrons. The third-order valence-corrected chi connectivity index (χ3v) is 5.95. The number of hydrogen-bond donors (Lipinski definition) is 0. The van der Waals surface area contributed by atoms with Crippen LogP contribution < -0.4 is 0 Å². The van der Waals surface area contributed by atoms with Crippen LogP contribution in [-0.4, -0.2) is 37.6 Å². The van der Waals surface area contributed by atoms with Crippen LogP contribution in [0.2, 0.25) is 0 Å². The zero-order chi connectivity index (χ0) is 24.7. The third kappa shape index (κ3) is 14.4. The molecule has 0 bridgehead atoms. The third-order valence-electron chi connectivity index (χ3n) is 5.95. The Hall–Kier alpha value is -1.54. The topological polar surface area (TPSA) is 57.1 Å². The second kappa shape index (κ2) is 16.1. The van der Waals surface area contributed by atoms with Crippen LogP contribution in [0.5, 0.6) is 0 Å². The summed E-state index contributed by atoms with van der Waals surface area (Å²) in [6.45, 7) is 13.9. The normalized spacial score (nSPS) is 20.2. The van der Waals surface area contributed by atoms with Crippen LogP contribution in [0, 0.1) is 35.5 Å². The number of hydrogen-bond acceptors (Lipinski definition) is 5. The Morgan fingerprint density at radius 2 is 1.76 bits per heavy atom. The summed E-state index contributed by atoms with van der Waals surface area (Å²) in [5.74, 6) is 8.41. The fraction of sp³-hybridized carbons (Fsp3) is 0.857. The summed E-state index contributed by atoms with van der Waals surface area (Å²) in [7, 11) is 1.54. The molecule has 190 valence electrons. The fourth-order valence-corrected chi connectivity index (χ4v) is 4.38. The van der Waals surface area contributed by atoms with Crippen molar-refractivity contribution in [2.75, 3.05) is 20.3 Å². The molecule has 1 atom stereocenters. The maximum Gasteiger partial charge on any atom is 0.307 e. The maximum atomic E-state index is 12.6. The van der Waals surface area contributed by atoms with Crippen molar-refractivity contribution in [1.29, 1.82) is 0 Å². The second-order valence-electron chi connectivity index (χ2n) is 10.9. The Balaban J connectivity index is 2.80. The lowest BCUT2D eigenvalue weighted by Gasteiger charge is -2.26. The van der Waals surface area contributed by atoms with Gasteiger partial charge in [-0.3, -0.25) is 4.79 Å². The Kier molecular flexibility index (Phi) is 14.4. The van der Waals surface area contributed by atoms with Gasteiger partial charge in [0.25, 0.3) is 0 Å². The number of esters is 1. The summed E-state index contributed by atoms with van der Waals surface area (Å²) < 4.78 is 11.3. The van der Waals surface area contributed by atoms with Gasteiger partial charge in [0, 0.05) is 25.0 Å². The van der Waals surface area contributed by atoms with Gasteiger partial charge < -0.3 is 14.3 Å². The number of rotatable bonds is 13. The molecule has 0 spiro atoms. The van der Waals surface area contributed by atoms with E-state index in [1.807, 2.05) is 20.8 Å². The number of carbonyl (C=O) groups is 1. The SMILES string of the molecule is CCCCOCCCC(CC(=O)OC(C)(C)C)C(C#C[C@H]1CC[C@H](CC(C)C)CC1)=NOC. The zero-order valence-corrected chi connectivity index (χ0v) is 22.4. The van der Waals surface area contributed by atoms with Crippen molar-refractivity contribution in [1.82, 2.24) is 0 Å². The molecule has 1 fully saturated rings. The molecule has 0 aromatic rings. The van der Waals surface area contributed by atoms with Crippen LogP contribution in [-0.2, 0) is 19.1 Å². The first-order valence-corrected chi connectivity index (χ1v) is 13.1. The molecule has 0 N–H and O–H groups in total. The van der Waals surface area contributed by atoms with Crippen molar-refractivity contribution in [2.24, 2.45) is 28.8 Å². The lowest BCUT2D eigenvalue weighted by atomic mass is 9.78. The lowest BCUT2D eigenvalue weighted by molar-refractivity contribution is -0.155. The first-order valence-electron chi connectivity index (χ1n) is 13.1. The van der Waals surface area contributed by atoms with Crippen molar-refractivity contribution < 1.29 is 19.1 Å². The van der Waals surface area contributed by atoms with Gasteiger partial charge in [0.15, 0.2) is 0 Å². The van der Waals surface area contributed by atoms with Gasteiger partial charge in [0.05, 0.1) is 6.42 Å². The quantitative estimate of drug-likeness (QED) is 0.0992. The van der Waals surface area contributed by atoms with E-state index in [2.05, 4.69) is 37.8 Å². The Labute approximate surface area is 203 Å². The van der Waals surface area contributed by atoms with E-state index < -0.39 is 5.60 Å². The predicted octanol–water partition coefficient (Wildman–Crippen LogP) is 6.79. The number of oxime groups is 1. The summed E-state index contributed by atoms with van der Waals surface area (Å²) in [6.07, 6.45) is 10.2. The van der Waals surface area contributed by atoms with E-state index in [1.54, 1.807) is 0 Å². The van der Waals surface area contributed by atoms with E-state index in [4.69, 9.17) is 14.3 Å². The highest BCUT2D eigenvalue weighted by Gasteiger charge is 2.25. The van der Waals surface area contributed by atoms with Gasteiger partial charge in [-0.25, -0.2) is 0 Å². The summed E-state index contributed by atoms with van der Waals surface area (Å²) in [6, 6.07) is 0. The van der Waals surface area contributed by atoms with E-state index in [0.29, 0.717) is 18.2 Å². The summed E-state index contributed by atoms with van der Waals surface area (Å²) in [5, 5.41) is 4.24. The second-order valence-corrected chi connectivity index (χ2v) is 10.9. The molecular weight excluding hydrogens is 414 g/mol. The molecule has 1 saturated carbocycles. The number of nitrogens with zero attached hydrogens (tertiary/aromatic N) is 1. The van der Waals surface area contributed by atoms with Crippen LogP contribution >= 0.6 is 0 Å². The van der Waals surface area contributed by atoms with Gasteiger partial charge in [-0.1, -0.05) is 38.3 Å². The minimum absolute atomic E-state index is 0.126. The average Bonchev–Trinajstić information content (AvgIpc) is 2.72. The van der Waals surface area contributed by atoms with E-state index in [1.165, 1.54) is 26.4 Å². The highest BCUT2D eigenvalue weighted by atomic mass is 16.6. The van der Waals surface area contributed by atoms with Crippen molar-refractivity contribution in [3.63, 3.8) is 0 Å². The van der Waals surface area contributed by atoms with Crippen LogP contribution in [0.25, 0.3) is 0 Å². The highest BCUT2D eigenvalue weighted by Crippen LogP contribution is 2.32. The van der Waals surface area contributed by atoms with E-state index >= 15 is 0 Å². The number of unbranched alkanes of at least 4 members (excludes halogenated alkanes) is 1. The Morgan fingerprint density at radius 1 is 1.09 bits per heavy atom. The fourth-order valence-electron chi connectivity index (χ4n) is 4.38. The molecule has 1 aliphatic rings. The van der Waals surface area contributed by atoms with Gasteiger partial charge in [-0.05, 0) is 89.9 Å². The largest absolute Gasteiger partial charge is 0.460 e. The molecule has 0 aromatic heterocycles. The summed E-state index contributed by atoms with van der Waals surface area (Å²) in [5.41, 5.74) is 0.144. The van der Waals surface area contributed by atoms with Crippen molar-refractivity contribution in [2.45, 2.75) is 111 Å². The zero-order valence-electron chi connectivity index (χ0n) is 22.4. The maximum absolute atomic E-state index is 12.6. The first kappa shape index (κ1) is 29.5. The Bertz CT molecular complexity index is 631. The molecule has 5 nitrogen and oxygen atoms in total. The van der Waals surface area contributed by atoms with Crippen molar-refractivity contribution in [3.8, 4) is 11.8 Å². The molecule has 0 saturated heterocycles. The highest BCUT2D eigenvalue weighted by molar-refractivity contribution is 6.03. The minimum Gasteiger partial charge on any atom is -0.460 e. The van der Waals surface area contributed by atoms with Gasteiger partial charge in [-0.2, -0.15) is 0 Å². The average molecular weight is 464 g/mol. The molecule has 0 aliphatic heterocycles. The standard InChI is InChI=1S/C28H49NO4/c1-8-9-18-32-19-10-11-25(21-27(30)33-28(4,5)6)26(29-31-7)17-16-23-12-14-24(15-13-23)20-22(2)3/h22-25H,8-15,18-21H2,1-7H3/t23-,24-,25?. The predicted molar refractivity (Wildman–Crippen MR) is 136 cm³/mol. The lowest BCUT2D eigenvalue weighted by Crippen LogP contribution is -2.27. The van der Waals surface area contributed by atoms with Gasteiger partial charge in [0.1, 0.15) is 18.4 Å². The van der Waals surface area contributed by atoms with E-state index in [9.17, 15) is 4.79 Å². The molecule has 5 heteroatoms. The van der Waals surface area contributed by atoms with Crippen LogP contribution in [0.3, 0.4) is 0 Å². The molecular formula is C28H49NO4.